The number of benzene rings is 1. The molecule has 1 aromatic rings. The second-order valence-corrected chi connectivity index (χ2v) is 7.13. The van der Waals surface area contributed by atoms with Crippen molar-refractivity contribution >= 4 is 11.9 Å². The molecule has 2 aliphatic rings. The minimum absolute atomic E-state index is 0.0829. The molecule has 2 heterocycles. The zero-order valence-electron chi connectivity index (χ0n) is 13.8. The van der Waals surface area contributed by atoms with Gasteiger partial charge in [0.1, 0.15) is 5.75 Å². The fourth-order valence-electron chi connectivity index (χ4n) is 3.30. The third-order valence-corrected chi connectivity index (χ3v) is 4.87. The average molecular weight is 301 g/mol. The van der Waals surface area contributed by atoms with Crippen molar-refractivity contribution in [1.29, 1.82) is 0 Å². The number of hydrogen-bond acceptors (Lipinski definition) is 4. The molecule has 3 rings (SSSR count). The monoisotopic (exact) mass is 301 g/mol. The Morgan fingerprint density at radius 1 is 1.36 bits per heavy atom. The molecule has 5 nitrogen and oxygen atoms in total. The van der Waals surface area contributed by atoms with Crippen LogP contribution in [0.15, 0.2) is 23.2 Å². The summed E-state index contributed by atoms with van der Waals surface area (Å²) in [5, 5.41) is 0. The van der Waals surface area contributed by atoms with E-state index in [0.717, 1.165) is 16.9 Å². The van der Waals surface area contributed by atoms with Crippen LogP contribution in [0.5, 0.6) is 5.75 Å². The SMILES string of the molecule is CC(C)c1ccc2c(c1)C1(N=C(N)N(C)C1=O)C(C)(C)CO2. The van der Waals surface area contributed by atoms with Crippen molar-refractivity contribution in [2.75, 3.05) is 13.7 Å². The van der Waals surface area contributed by atoms with E-state index >= 15 is 0 Å². The first kappa shape index (κ1) is 14.9. The van der Waals surface area contributed by atoms with Gasteiger partial charge in [-0.2, -0.15) is 0 Å². The van der Waals surface area contributed by atoms with Gasteiger partial charge in [0, 0.05) is 18.0 Å². The van der Waals surface area contributed by atoms with Crippen molar-refractivity contribution in [1.82, 2.24) is 4.90 Å². The van der Waals surface area contributed by atoms with Gasteiger partial charge >= 0.3 is 0 Å². The topological polar surface area (TPSA) is 67.9 Å². The van der Waals surface area contributed by atoms with Crippen LogP contribution in [0.1, 0.15) is 44.7 Å². The van der Waals surface area contributed by atoms with Crippen molar-refractivity contribution in [3.05, 3.63) is 29.3 Å². The molecule has 2 N–H and O–H groups in total. The Hall–Kier alpha value is -2.04. The molecule has 0 aromatic heterocycles. The highest BCUT2D eigenvalue weighted by atomic mass is 16.5. The van der Waals surface area contributed by atoms with E-state index in [9.17, 15) is 4.79 Å². The van der Waals surface area contributed by atoms with E-state index in [1.54, 1.807) is 7.05 Å². The fourth-order valence-corrected chi connectivity index (χ4v) is 3.30. The first-order valence-electron chi connectivity index (χ1n) is 7.61. The Balaban J connectivity index is 2.30. The zero-order chi connectivity index (χ0) is 16.3. The lowest BCUT2D eigenvalue weighted by molar-refractivity contribution is -0.137. The number of nitrogens with zero attached hydrogens (tertiary/aromatic N) is 2. The van der Waals surface area contributed by atoms with Gasteiger partial charge < -0.3 is 10.5 Å². The van der Waals surface area contributed by atoms with Crippen molar-refractivity contribution < 1.29 is 9.53 Å². The van der Waals surface area contributed by atoms with Crippen molar-refractivity contribution in [3.8, 4) is 5.75 Å². The van der Waals surface area contributed by atoms with Gasteiger partial charge in [0.25, 0.3) is 5.91 Å². The first-order chi connectivity index (χ1) is 10.2. The molecule has 0 radical (unpaired) electrons. The van der Waals surface area contributed by atoms with Crippen LogP contribution in [0.25, 0.3) is 0 Å². The standard InChI is InChI=1S/C17H23N3O2/c1-10(2)11-6-7-13-12(8-11)17(16(3,4)9-22-13)14(21)20(5)15(18)19-17/h6-8,10H,9H2,1-5H3,(H2,18,19). The summed E-state index contributed by atoms with van der Waals surface area (Å²) in [4.78, 5) is 19.1. The number of carbonyl (C=O) groups is 1. The minimum Gasteiger partial charge on any atom is -0.493 e. The molecule has 1 spiro atoms. The summed E-state index contributed by atoms with van der Waals surface area (Å²) in [5.41, 5.74) is 6.49. The van der Waals surface area contributed by atoms with Crippen LogP contribution in [0, 0.1) is 5.41 Å². The van der Waals surface area contributed by atoms with Gasteiger partial charge in [-0.15, -0.1) is 0 Å². The summed E-state index contributed by atoms with van der Waals surface area (Å²) in [7, 11) is 1.67. The highest BCUT2D eigenvalue weighted by Crippen LogP contribution is 2.53. The molecule has 1 aromatic carbocycles. The summed E-state index contributed by atoms with van der Waals surface area (Å²) in [6, 6.07) is 6.04. The van der Waals surface area contributed by atoms with E-state index in [2.05, 4.69) is 24.9 Å². The van der Waals surface area contributed by atoms with Crippen LogP contribution < -0.4 is 10.5 Å². The van der Waals surface area contributed by atoms with Crippen molar-refractivity contribution in [2.24, 2.45) is 16.1 Å². The quantitative estimate of drug-likeness (QED) is 0.864. The molecule has 0 fully saturated rings. The first-order valence-corrected chi connectivity index (χ1v) is 7.61. The van der Waals surface area contributed by atoms with E-state index in [1.165, 1.54) is 4.90 Å². The Kier molecular flexibility index (Phi) is 3.03. The van der Waals surface area contributed by atoms with Crippen LogP contribution in [0.3, 0.4) is 0 Å². The number of guanidine groups is 1. The predicted molar refractivity (Wildman–Crippen MR) is 85.9 cm³/mol. The van der Waals surface area contributed by atoms with E-state index in [-0.39, 0.29) is 11.9 Å². The van der Waals surface area contributed by atoms with Gasteiger partial charge in [-0.3, -0.25) is 9.69 Å². The summed E-state index contributed by atoms with van der Waals surface area (Å²) >= 11 is 0. The van der Waals surface area contributed by atoms with Gasteiger partial charge in [-0.25, -0.2) is 4.99 Å². The summed E-state index contributed by atoms with van der Waals surface area (Å²) < 4.78 is 5.90. The Morgan fingerprint density at radius 2 is 2.05 bits per heavy atom. The Bertz CT molecular complexity index is 678. The molecule has 0 saturated carbocycles. The molecule has 0 bridgehead atoms. The lowest BCUT2D eigenvalue weighted by Gasteiger charge is -2.44. The summed E-state index contributed by atoms with van der Waals surface area (Å²) in [6.07, 6.45) is 0. The normalized spacial score (nSPS) is 26.2. The average Bonchev–Trinajstić information content (AvgIpc) is 2.69. The molecule has 1 unspecified atom stereocenters. The Morgan fingerprint density at radius 3 is 2.59 bits per heavy atom. The molecule has 1 atom stereocenters. The molecule has 0 saturated heterocycles. The second kappa shape index (κ2) is 4.48. The second-order valence-electron chi connectivity index (χ2n) is 7.13. The molecular weight excluding hydrogens is 278 g/mol. The van der Waals surface area contributed by atoms with Gasteiger partial charge in [-0.1, -0.05) is 33.8 Å². The fraction of sp³-hybridized carbons (Fsp3) is 0.529. The number of nitrogens with two attached hydrogens (primary N) is 1. The number of fused-ring (bicyclic) bond motifs is 2. The van der Waals surface area contributed by atoms with E-state index in [0.29, 0.717) is 12.5 Å². The maximum atomic E-state index is 13.0. The smallest absolute Gasteiger partial charge is 0.262 e. The molecule has 118 valence electrons. The number of carbonyl (C=O) groups excluding carboxylic acids is 1. The number of amides is 1. The molecular formula is C17H23N3O2. The molecule has 1 amide bonds. The van der Waals surface area contributed by atoms with Crippen LogP contribution in [0.4, 0.5) is 0 Å². The van der Waals surface area contributed by atoms with Crippen LogP contribution >= 0.6 is 0 Å². The third-order valence-electron chi connectivity index (χ3n) is 4.87. The predicted octanol–water partition coefficient (Wildman–Crippen LogP) is 2.21. The maximum absolute atomic E-state index is 13.0. The van der Waals surface area contributed by atoms with Crippen molar-refractivity contribution in [2.45, 2.75) is 39.2 Å². The number of ether oxygens (including phenoxy) is 1. The lowest BCUT2D eigenvalue weighted by Crippen LogP contribution is -2.53. The largest absolute Gasteiger partial charge is 0.493 e. The number of aliphatic imine (C=N–C) groups is 1. The van der Waals surface area contributed by atoms with E-state index in [1.807, 2.05) is 26.0 Å². The van der Waals surface area contributed by atoms with Crippen LogP contribution in [-0.2, 0) is 10.3 Å². The molecule has 0 aliphatic carbocycles. The van der Waals surface area contributed by atoms with Crippen LogP contribution in [0.2, 0.25) is 0 Å². The third kappa shape index (κ3) is 1.71. The van der Waals surface area contributed by atoms with Crippen molar-refractivity contribution in [3.63, 3.8) is 0 Å². The zero-order valence-corrected chi connectivity index (χ0v) is 13.8. The molecule has 2 aliphatic heterocycles. The molecule has 5 heteroatoms. The lowest BCUT2D eigenvalue weighted by atomic mass is 9.66. The summed E-state index contributed by atoms with van der Waals surface area (Å²) in [6.45, 7) is 8.70. The molecule has 22 heavy (non-hydrogen) atoms. The van der Waals surface area contributed by atoms with Gasteiger partial charge in [0.05, 0.1) is 6.61 Å². The van der Waals surface area contributed by atoms with Gasteiger partial charge in [0.2, 0.25) is 0 Å². The van der Waals surface area contributed by atoms with E-state index in [4.69, 9.17) is 10.5 Å². The van der Waals surface area contributed by atoms with Gasteiger partial charge in [-0.05, 0) is 23.6 Å². The number of likely N-dealkylation sites (N-methyl/N-ethyl adjacent to an activating group) is 1. The van der Waals surface area contributed by atoms with Crippen LogP contribution in [-0.4, -0.2) is 30.4 Å². The highest BCUT2D eigenvalue weighted by Gasteiger charge is 2.61. The maximum Gasteiger partial charge on any atom is 0.262 e. The minimum atomic E-state index is -0.996. The number of rotatable bonds is 1. The van der Waals surface area contributed by atoms with E-state index < -0.39 is 11.0 Å². The number of hydrogen-bond donors (Lipinski definition) is 1. The Labute approximate surface area is 131 Å². The highest BCUT2D eigenvalue weighted by molar-refractivity contribution is 6.07. The summed E-state index contributed by atoms with van der Waals surface area (Å²) in [5.74, 6) is 1.27. The van der Waals surface area contributed by atoms with Gasteiger partial charge in [0.15, 0.2) is 11.5 Å².